The van der Waals surface area contributed by atoms with Gasteiger partial charge in [0.25, 0.3) is 0 Å². The molecule has 222 valence electrons. The van der Waals surface area contributed by atoms with Gasteiger partial charge in [0.15, 0.2) is 5.82 Å². The molecule has 10 rings (SSSR count). The van der Waals surface area contributed by atoms with Crippen LogP contribution in [-0.4, -0.2) is 22.6 Å². The Morgan fingerprint density at radius 2 is 1.34 bits per heavy atom. The van der Waals surface area contributed by atoms with E-state index in [9.17, 15) is 0 Å². The average molecular weight is 636 g/mol. The summed E-state index contributed by atoms with van der Waals surface area (Å²) in [7, 11) is -2.05. The third kappa shape index (κ3) is 3.78. The van der Waals surface area contributed by atoms with Gasteiger partial charge in [-0.25, -0.2) is 9.97 Å². The van der Waals surface area contributed by atoms with Gasteiger partial charge in [-0.1, -0.05) is 122 Å². The molecule has 0 N–H and O–H groups in total. The number of benzene rings is 6. The van der Waals surface area contributed by atoms with Crippen LogP contribution < -0.4 is 10.5 Å². The molecule has 0 unspecified atom stereocenters. The number of thiophene rings is 1. The number of hydrogen-bond donors (Lipinski definition) is 0. The van der Waals surface area contributed by atoms with Crippen LogP contribution in [0.4, 0.5) is 0 Å². The van der Waals surface area contributed by atoms with E-state index in [2.05, 4.69) is 157 Å². The molecule has 0 atom stereocenters. The van der Waals surface area contributed by atoms with Crippen LogP contribution >= 0.6 is 11.3 Å². The van der Waals surface area contributed by atoms with Crippen LogP contribution in [0.5, 0.6) is 0 Å². The smallest absolute Gasteiger partial charge is 0.159 e. The van der Waals surface area contributed by atoms with Gasteiger partial charge in [-0.2, -0.15) is 0 Å². The van der Waals surface area contributed by atoms with E-state index >= 15 is 0 Å². The lowest BCUT2D eigenvalue weighted by atomic mass is 10.0. The predicted molar refractivity (Wildman–Crippen MR) is 202 cm³/mol. The van der Waals surface area contributed by atoms with Crippen molar-refractivity contribution in [1.82, 2.24) is 14.5 Å². The van der Waals surface area contributed by atoms with Gasteiger partial charge in [-0.3, -0.25) is 0 Å². The molecular weight excluding hydrogens is 607 g/mol. The van der Waals surface area contributed by atoms with E-state index in [0.717, 1.165) is 28.3 Å². The van der Waals surface area contributed by atoms with Crippen LogP contribution in [0.15, 0.2) is 140 Å². The zero-order chi connectivity index (χ0) is 31.3. The summed E-state index contributed by atoms with van der Waals surface area (Å²) >= 11 is 1.87. The lowest BCUT2D eigenvalue weighted by molar-refractivity contribution is 1.17. The van der Waals surface area contributed by atoms with Crippen molar-refractivity contribution < 1.29 is 0 Å². The molecule has 0 spiro atoms. The van der Waals surface area contributed by atoms with Gasteiger partial charge in [0.2, 0.25) is 0 Å². The second-order valence-electron chi connectivity index (χ2n) is 13.0. The van der Waals surface area contributed by atoms with Crippen LogP contribution in [0.25, 0.3) is 81.4 Å². The Morgan fingerprint density at radius 3 is 2.23 bits per heavy atom. The summed E-state index contributed by atoms with van der Waals surface area (Å²) in [6.45, 7) is 4.85. The minimum atomic E-state index is -2.05. The van der Waals surface area contributed by atoms with Crippen molar-refractivity contribution in [3.63, 3.8) is 0 Å². The molecule has 0 fully saturated rings. The fraction of sp³-hybridized carbons (Fsp3) is 0.0476. The Morgan fingerprint density at radius 1 is 0.596 bits per heavy atom. The fourth-order valence-electron chi connectivity index (χ4n) is 7.79. The van der Waals surface area contributed by atoms with Gasteiger partial charge in [-0.05, 0) is 41.1 Å². The van der Waals surface area contributed by atoms with Gasteiger partial charge in [0, 0.05) is 58.6 Å². The molecule has 3 nitrogen and oxygen atoms in total. The van der Waals surface area contributed by atoms with Crippen LogP contribution in [-0.2, 0) is 0 Å². The number of fused-ring (bicyclic) bond motifs is 10. The van der Waals surface area contributed by atoms with Gasteiger partial charge < -0.3 is 4.57 Å². The summed E-state index contributed by atoms with van der Waals surface area (Å²) in [6, 6.07) is 50.5. The van der Waals surface area contributed by atoms with Crippen LogP contribution in [0.2, 0.25) is 13.1 Å². The van der Waals surface area contributed by atoms with Crippen molar-refractivity contribution in [3.05, 3.63) is 140 Å². The Labute approximate surface area is 277 Å². The van der Waals surface area contributed by atoms with Crippen LogP contribution in [0, 0.1) is 0 Å². The first kappa shape index (κ1) is 26.8. The largest absolute Gasteiger partial charge is 0.309 e. The average Bonchev–Trinajstić information content (AvgIpc) is 3.74. The van der Waals surface area contributed by atoms with E-state index in [-0.39, 0.29) is 0 Å². The quantitative estimate of drug-likeness (QED) is 0.181. The SMILES string of the molecule is C[Si]1(C)c2ccccc2-c2c(-c3ccccc3)nc(-c3cccc(-n4c5ccccc5c5ccc6sc7ccccc7c6c54)c3)nc21. The van der Waals surface area contributed by atoms with Gasteiger partial charge in [0.1, 0.15) is 8.07 Å². The highest BCUT2D eigenvalue weighted by atomic mass is 32.1. The van der Waals surface area contributed by atoms with Crippen molar-refractivity contribution in [3.8, 4) is 39.5 Å². The lowest BCUT2D eigenvalue weighted by Gasteiger charge is -2.19. The maximum absolute atomic E-state index is 5.45. The summed E-state index contributed by atoms with van der Waals surface area (Å²) in [5.74, 6) is 0.782. The minimum absolute atomic E-state index is 0.782. The Bertz CT molecular complexity index is 2720. The van der Waals surface area contributed by atoms with Gasteiger partial charge in [0.05, 0.1) is 16.7 Å². The second-order valence-corrected chi connectivity index (χ2v) is 18.3. The summed E-state index contributed by atoms with van der Waals surface area (Å²) in [4.78, 5) is 10.8. The number of hydrogen-bond acceptors (Lipinski definition) is 3. The van der Waals surface area contributed by atoms with E-state index < -0.39 is 8.07 Å². The molecule has 0 saturated carbocycles. The standard InChI is InChI=1S/C42H29N3SSi/c1-47(2)36-22-11-8-19-32(36)38-39(26-13-4-3-5-14-26)43-41(44-42(38)47)27-15-12-16-28(25-27)45-33-20-9-6-17-29(33)30-23-24-35-37(40(30)45)31-18-7-10-21-34(31)46-35/h3-25H,1-2H3. The molecule has 5 heteroatoms. The number of aromatic nitrogens is 3. The molecular formula is C42H29N3SSi. The third-order valence-corrected chi connectivity index (χ3v) is 14.4. The molecule has 4 heterocycles. The normalized spacial score (nSPS) is 13.5. The Kier molecular flexibility index (Phi) is 5.60. The molecule has 6 aromatic carbocycles. The van der Waals surface area contributed by atoms with Crippen molar-refractivity contribution >= 4 is 71.9 Å². The zero-order valence-corrected chi connectivity index (χ0v) is 27.8. The van der Waals surface area contributed by atoms with E-state index in [0.29, 0.717) is 0 Å². The molecule has 0 bridgehead atoms. The van der Waals surface area contributed by atoms with E-state index in [1.54, 1.807) is 0 Å². The molecule has 0 saturated heterocycles. The first-order valence-electron chi connectivity index (χ1n) is 16.1. The van der Waals surface area contributed by atoms with Crippen molar-refractivity contribution in [2.45, 2.75) is 13.1 Å². The predicted octanol–water partition coefficient (Wildman–Crippen LogP) is 10.1. The maximum Gasteiger partial charge on any atom is 0.159 e. The van der Waals surface area contributed by atoms with Gasteiger partial charge >= 0.3 is 0 Å². The highest BCUT2D eigenvalue weighted by Crippen LogP contribution is 2.43. The molecule has 1 aliphatic rings. The van der Waals surface area contributed by atoms with Crippen LogP contribution in [0.1, 0.15) is 0 Å². The Balaban J connectivity index is 1.25. The van der Waals surface area contributed by atoms with Crippen molar-refractivity contribution in [2.24, 2.45) is 0 Å². The first-order valence-corrected chi connectivity index (χ1v) is 19.9. The maximum atomic E-state index is 5.45. The van der Waals surface area contributed by atoms with E-state index in [1.807, 2.05) is 11.3 Å². The number of nitrogens with zero attached hydrogens (tertiary/aromatic N) is 3. The minimum Gasteiger partial charge on any atom is -0.309 e. The molecule has 3 aromatic heterocycles. The molecule has 9 aromatic rings. The topological polar surface area (TPSA) is 30.7 Å². The number of para-hydroxylation sites is 1. The van der Waals surface area contributed by atoms with Crippen molar-refractivity contribution in [1.29, 1.82) is 0 Å². The highest BCUT2D eigenvalue weighted by molar-refractivity contribution is 7.26. The monoisotopic (exact) mass is 635 g/mol. The first-order chi connectivity index (χ1) is 23.1. The van der Waals surface area contributed by atoms with E-state index in [1.165, 1.54) is 63.6 Å². The third-order valence-electron chi connectivity index (χ3n) is 9.96. The fourth-order valence-corrected chi connectivity index (χ4v) is 11.8. The van der Waals surface area contributed by atoms with Gasteiger partial charge in [-0.15, -0.1) is 11.3 Å². The molecule has 1 aliphatic heterocycles. The molecule has 0 radical (unpaired) electrons. The summed E-state index contributed by atoms with van der Waals surface area (Å²) in [5.41, 5.74) is 9.23. The molecule has 0 aliphatic carbocycles. The highest BCUT2D eigenvalue weighted by Gasteiger charge is 2.41. The number of rotatable bonds is 3. The zero-order valence-electron chi connectivity index (χ0n) is 26.0. The molecule has 47 heavy (non-hydrogen) atoms. The summed E-state index contributed by atoms with van der Waals surface area (Å²) < 4.78 is 5.07. The van der Waals surface area contributed by atoms with Crippen molar-refractivity contribution in [2.75, 3.05) is 0 Å². The second kappa shape index (κ2) is 9.82. The lowest BCUT2D eigenvalue weighted by Crippen LogP contribution is -2.50. The summed E-state index contributed by atoms with van der Waals surface area (Å²) in [5, 5.41) is 7.80. The van der Waals surface area contributed by atoms with Crippen LogP contribution in [0.3, 0.4) is 0 Å². The Hall–Kier alpha value is -5.36. The summed E-state index contributed by atoms with van der Waals surface area (Å²) in [6.07, 6.45) is 0. The molecule has 0 amide bonds. The van der Waals surface area contributed by atoms with E-state index in [4.69, 9.17) is 9.97 Å².